The van der Waals surface area contributed by atoms with Gasteiger partial charge in [-0.25, -0.2) is 13.8 Å². The molecule has 0 atom stereocenters. The minimum atomic E-state index is -0.997. The Balaban J connectivity index is 1.61. The number of hydrogen-bond donors (Lipinski definition) is 1. The molecule has 0 unspecified atom stereocenters. The van der Waals surface area contributed by atoms with Gasteiger partial charge < -0.3 is 10.1 Å². The summed E-state index contributed by atoms with van der Waals surface area (Å²) in [5, 5.41) is 5.26. The minimum Gasteiger partial charge on any atom is -0.496 e. The van der Waals surface area contributed by atoms with E-state index in [1.165, 1.54) is 17.4 Å². The van der Waals surface area contributed by atoms with E-state index in [-0.39, 0.29) is 18.0 Å². The monoisotopic (exact) mass is 374 g/mol. The van der Waals surface area contributed by atoms with Crippen molar-refractivity contribution in [3.63, 3.8) is 0 Å². The predicted molar refractivity (Wildman–Crippen MR) is 97.4 cm³/mol. The summed E-state index contributed by atoms with van der Waals surface area (Å²) >= 11 is 1.48. The van der Waals surface area contributed by atoms with Crippen LogP contribution in [0.2, 0.25) is 0 Å². The number of aromatic nitrogens is 1. The normalized spacial score (nSPS) is 10.6. The number of anilines is 1. The van der Waals surface area contributed by atoms with Crippen LogP contribution in [0, 0.1) is 11.6 Å². The Morgan fingerprint density at radius 1 is 1.19 bits per heavy atom. The van der Waals surface area contributed by atoms with Crippen LogP contribution in [-0.2, 0) is 11.2 Å². The molecule has 2 aromatic carbocycles. The van der Waals surface area contributed by atoms with Crippen LogP contribution in [0.3, 0.4) is 0 Å². The predicted octanol–water partition coefficient (Wildman–Crippen LogP) is 4.67. The number of nitrogens with one attached hydrogen (secondary N) is 1. The van der Waals surface area contributed by atoms with Gasteiger partial charge >= 0.3 is 0 Å². The molecule has 0 saturated heterocycles. The number of ether oxygens (including phenoxy) is 1. The number of para-hydroxylation sites is 1. The topological polar surface area (TPSA) is 51.2 Å². The Kier molecular flexibility index (Phi) is 5.58. The second kappa shape index (κ2) is 8.05. The molecule has 26 heavy (non-hydrogen) atoms. The van der Waals surface area contributed by atoms with Crippen LogP contribution in [0.1, 0.15) is 12.1 Å². The van der Waals surface area contributed by atoms with E-state index < -0.39 is 11.6 Å². The first-order valence-corrected chi connectivity index (χ1v) is 8.77. The Hall–Kier alpha value is -2.80. The number of amides is 1. The maximum atomic E-state index is 13.2. The van der Waals surface area contributed by atoms with Crippen molar-refractivity contribution >= 4 is 22.9 Å². The quantitative estimate of drug-likeness (QED) is 0.682. The van der Waals surface area contributed by atoms with Gasteiger partial charge in [0, 0.05) is 23.6 Å². The zero-order valence-corrected chi connectivity index (χ0v) is 14.8. The van der Waals surface area contributed by atoms with E-state index >= 15 is 0 Å². The molecule has 1 amide bonds. The van der Waals surface area contributed by atoms with Gasteiger partial charge in [0.15, 0.2) is 11.6 Å². The zero-order valence-electron chi connectivity index (χ0n) is 14.0. The summed E-state index contributed by atoms with van der Waals surface area (Å²) < 4.78 is 31.4. The minimum absolute atomic E-state index is 0.189. The average molecular weight is 374 g/mol. The molecule has 3 aromatic rings. The van der Waals surface area contributed by atoms with Crippen LogP contribution in [-0.4, -0.2) is 18.0 Å². The van der Waals surface area contributed by atoms with Crippen molar-refractivity contribution in [2.24, 2.45) is 0 Å². The molecule has 0 fully saturated rings. The van der Waals surface area contributed by atoms with Crippen LogP contribution in [0.25, 0.3) is 10.6 Å². The lowest BCUT2D eigenvalue weighted by Gasteiger charge is -2.05. The first-order valence-electron chi connectivity index (χ1n) is 7.89. The molecule has 3 rings (SSSR count). The average Bonchev–Trinajstić information content (AvgIpc) is 3.12. The summed E-state index contributed by atoms with van der Waals surface area (Å²) in [6, 6.07) is 10.8. The van der Waals surface area contributed by atoms with Crippen molar-refractivity contribution in [2.45, 2.75) is 12.8 Å². The summed E-state index contributed by atoms with van der Waals surface area (Å²) in [5.41, 5.74) is 1.91. The van der Waals surface area contributed by atoms with Crippen LogP contribution in [0.5, 0.6) is 5.75 Å². The summed E-state index contributed by atoms with van der Waals surface area (Å²) in [6.07, 6.45) is 0.634. The highest BCUT2D eigenvalue weighted by Gasteiger charge is 2.11. The van der Waals surface area contributed by atoms with Gasteiger partial charge in [0.2, 0.25) is 5.91 Å². The first kappa shape index (κ1) is 18.0. The van der Waals surface area contributed by atoms with E-state index in [1.807, 2.05) is 29.6 Å². The standard InChI is InChI=1S/C19H16F2N2O2S/c1-25-17-5-3-2-4-14(17)19-23-13(11-26-19)7-9-18(24)22-12-6-8-15(20)16(21)10-12/h2-6,8,10-11H,7,9H2,1H3,(H,22,24). The van der Waals surface area contributed by atoms with Gasteiger partial charge in [0.25, 0.3) is 0 Å². The highest BCUT2D eigenvalue weighted by Crippen LogP contribution is 2.32. The van der Waals surface area contributed by atoms with E-state index in [0.29, 0.717) is 6.42 Å². The highest BCUT2D eigenvalue weighted by molar-refractivity contribution is 7.13. The molecule has 134 valence electrons. The molecular weight excluding hydrogens is 358 g/mol. The van der Waals surface area contributed by atoms with Crippen molar-refractivity contribution in [2.75, 3.05) is 12.4 Å². The van der Waals surface area contributed by atoms with Gasteiger partial charge in [-0.15, -0.1) is 11.3 Å². The number of methoxy groups -OCH3 is 1. The fourth-order valence-electron chi connectivity index (χ4n) is 2.41. The largest absolute Gasteiger partial charge is 0.496 e. The lowest BCUT2D eigenvalue weighted by atomic mass is 10.2. The number of rotatable bonds is 6. The molecule has 1 aromatic heterocycles. The number of halogens is 2. The second-order valence-electron chi connectivity index (χ2n) is 5.52. The van der Waals surface area contributed by atoms with Crippen LogP contribution < -0.4 is 10.1 Å². The molecule has 0 aliphatic heterocycles. The fraction of sp³-hybridized carbons (Fsp3) is 0.158. The Morgan fingerprint density at radius 3 is 2.77 bits per heavy atom. The first-order chi connectivity index (χ1) is 12.6. The van der Waals surface area contributed by atoms with Crippen molar-refractivity contribution < 1.29 is 18.3 Å². The number of thiazole rings is 1. The summed E-state index contributed by atoms with van der Waals surface area (Å²) in [6.45, 7) is 0. The smallest absolute Gasteiger partial charge is 0.224 e. The van der Waals surface area contributed by atoms with E-state index in [9.17, 15) is 13.6 Å². The summed E-state index contributed by atoms with van der Waals surface area (Å²) in [5.74, 6) is -1.49. The van der Waals surface area contributed by atoms with Crippen molar-refractivity contribution in [1.82, 2.24) is 4.98 Å². The number of benzene rings is 2. The van der Waals surface area contributed by atoms with E-state index in [0.717, 1.165) is 34.1 Å². The highest BCUT2D eigenvalue weighted by atomic mass is 32.1. The number of aryl methyl sites for hydroxylation is 1. The number of hydrogen-bond acceptors (Lipinski definition) is 4. The van der Waals surface area contributed by atoms with Gasteiger partial charge in [0.1, 0.15) is 10.8 Å². The lowest BCUT2D eigenvalue weighted by molar-refractivity contribution is -0.116. The van der Waals surface area contributed by atoms with Gasteiger partial charge in [-0.2, -0.15) is 0 Å². The van der Waals surface area contributed by atoms with Crippen molar-refractivity contribution in [1.29, 1.82) is 0 Å². The molecule has 0 aliphatic carbocycles. The molecule has 1 N–H and O–H groups in total. The summed E-state index contributed by atoms with van der Waals surface area (Å²) in [4.78, 5) is 16.5. The van der Waals surface area contributed by atoms with Crippen molar-refractivity contribution in [3.05, 3.63) is 65.2 Å². The van der Waals surface area contributed by atoms with E-state index in [2.05, 4.69) is 10.3 Å². The molecule has 0 saturated carbocycles. The Bertz CT molecular complexity index is 927. The molecule has 0 aliphatic rings. The molecular formula is C19H16F2N2O2S. The maximum Gasteiger partial charge on any atom is 0.224 e. The number of carbonyl (C=O) groups excluding carboxylic acids is 1. The molecule has 0 radical (unpaired) electrons. The zero-order chi connectivity index (χ0) is 18.5. The van der Waals surface area contributed by atoms with Gasteiger partial charge in [-0.1, -0.05) is 12.1 Å². The van der Waals surface area contributed by atoms with Crippen LogP contribution in [0.4, 0.5) is 14.5 Å². The molecule has 7 heteroatoms. The SMILES string of the molecule is COc1ccccc1-c1nc(CCC(=O)Nc2ccc(F)c(F)c2)cs1. The van der Waals surface area contributed by atoms with Crippen LogP contribution >= 0.6 is 11.3 Å². The molecule has 4 nitrogen and oxygen atoms in total. The molecule has 1 heterocycles. The third-order valence-electron chi connectivity index (χ3n) is 3.70. The summed E-state index contributed by atoms with van der Waals surface area (Å²) in [7, 11) is 1.61. The van der Waals surface area contributed by atoms with Crippen molar-refractivity contribution in [3.8, 4) is 16.3 Å². The van der Waals surface area contributed by atoms with Gasteiger partial charge in [-0.3, -0.25) is 4.79 Å². The number of nitrogens with zero attached hydrogens (tertiary/aromatic N) is 1. The fourth-order valence-corrected chi connectivity index (χ4v) is 3.29. The lowest BCUT2D eigenvalue weighted by Crippen LogP contribution is -2.12. The van der Waals surface area contributed by atoms with E-state index in [1.54, 1.807) is 7.11 Å². The third kappa shape index (κ3) is 4.23. The maximum absolute atomic E-state index is 13.2. The molecule has 0 spiro atoms. The van der Waals surface area contributed by atoms with Gasteiger partial charge in [-0.05, 0) is 30.7 Å². The van der Waals surface area contributed by atoms with Gasteiger partial charge in [0.05, 0.1) is 18.4 Å². The number of carbonyl (C=O) groups is 1. The van der Waals surface area contributed by atoms with Crippen LogP contribution in [0.15, 0.2) is 47.8 Å². The third-order valence-corrected chi connectivity index (χ3v) is 4.63. The molecule has 0 bridgehead atoms. The second-order valence-corrected chi connectivity index (χ2v) is 6.38. The Labute approximate surface area is 153 Å². The Morgan fingerprint density at radius 2 is 2.00 bits per heavy atom. The van der Waals surface area contributed by atoms with E-state index in [4.69, 9.17) is 4.74 Å².